The van der Waals surface area contributed by atoms with Gasteiger partial charge in [-0.15, -0.1) is 0 Å². The molecule has 0 bridgehead atoms. The largest absolute Gasteiger partial charge is 0.383 e. The number of hydrogen-bond acceptors (Lipinski definition) is 14. The van der Waals surface area contributed by atoms with Crippen molar-refractivity contribution in [1.29, 1.82) is 0 Å². The van der Waals surface area contributed by atoms with Gasteiger partial charge in [-0.2, -0.15) is 8.42 Å². The van der Waals surface area contributed by atoms with Gasteiger partial charge >= 0.3 is 0 Å². The van der Waals surface area contributed by atoms with Crippen LogP contribution in [0.25, 0.3) is 0 Å². The maximum absolute atomic E-state index is 11.7. The fraction of sp³-hybridized carbons (Fsp3) is 0.548. The molecule has 0 aromatic carbocycles. The fourth-order valence-corrected chi connectivity index (χ4v) is 6.02. The average molecular weight is 889 g/mol. The van der Waals surface area contributed by atoms with Crippen LogP contribution < -0.4 is 14.2 Å². The van der Waals surface area contributed by atoms with Crippen LogP contribution in [-0.2, 0) is 91.0 Å². The van der Waals surface area contributed by atoms with Gasteiger partial charge in [0, 0.05) is 87.2 Å². The van der Waals surface area contributed by atoms with Gasteiger partial charge in [-0.05, 0) is 18.2 Å². The van der Waals surface area contributed by atoms with Gasteiger partial charge in [-0.25, -0.2) is 36.2 Å². The summed E-state index contributed by atoms with van der Waals surface area (Å²) in [5, 5.41) is -1.11. The minimum atomic E-state index is -3.89. The number of rotatable bonds is 12. The smallest absolute Gasteiger partial charge is 0.281 e. The van der Waals surface area contributed by atoms with Crippen molar-refractivity contribution in [1.82, 2.24) is 29.1 Å². The molecule has 308 valence electrons. The molecule has 2 heterocycles. The monoisotopic (exact) mass is 888 g/mol. The Morgan fingerprint density at radius 1 is 0.698 bits per heavy atom. The summed E-state index contributed by atoms with van der Waals surface area (Å²) in [5.74, 6) is -2.39. The summed E-state index contributed by atoms with van der Waals surface area (Å²) in [5.41, 5.74) is -0.778. The molecule has 3 amide bonds. The first-order valence-electron chi connectivity index (χ1n) is 13.8. The molecule has 0 aliphatic carbocycles. The van der Waals surface area contributed by atoms with E-state index in [-0.39, 0.29) is 102 Å². The standard InChI is InChI=1S/C9H13N3O3S.C9H12N2O3S.C9H19NO5S.2CH4.2CH3.2V/c1-9(2,3)8(13)12-16(14,15)7-4-5-10-6-11-7;1-7(2)9(12)11-15(13,14)8-3-5-10-6-4-8;1-7(2)9(11)10-16(12,13)8(5-14-3)6-15-4;;;;;;/h4-6H,1-3H3,(H,12,13);3-7H,1-2H3,(H,11,12);7-8H,5-6H2,1-4H3,(H,10,11);2*1H4;2*1H3;;/q;;;;;2*-1;;. The van der Waals surface area contributed by atoms with Crippen LogP contribution in [-0.4, -0.2) is 90.6 Å². The van der Waals surface area contributed by atoms with Gasteiger partial charge < -0.3 is 24.3 Å². The first kappa shape index (κ1) is 65.5. The molecule has 2 aromatic heterocycles. The third-order valence-corrected chi connectivity index (χ3v) is 9.61. The molecule has 2 aromatic rings. The molecule has 0 aliphatic rings. The van der Waals surface area contributed by atoms with Crippen molar-refractivity contribution in [2.75, 3.05) is 27.4 Å². The number of nitrogens with one attached hydrogen (secondary N) is 3. The van der Waals surface area contributed by atoms with E-state index in [1.165, 1.54) is 51.0 Å². The van der Waals surface area contributed by atoms with Crippen molar-refractivity contribution in [2.45, 2.75) is 78.5 Å². The topological polar surface area (TPSA) is 247 Å². The number of amides is 3. The summed E-state index contributed by atoms with van der Waals surface area (Å²) < 4.78 is 85.5. The van der Waals surface area contributed by atoms with E-state index >= 15 is 0 Å². The van der Waals surface area contributed by atoms with Gasteiger partial charge in [0.1, 0.15) is 11.6 Å². The maximum atomic E-state index is 11.7. The molecular formula is C31H58N6O11S3V2-2. The number of pyridine rings is 1. The van der Waals surface area contributed by atoms with Gasteiger partial charge in [0.2, 0.25) is 27.7 Å². The van der Waals surface area contributed by atoms with Crippen molar-refractivity contribution in [2.24, 2.45) is 17.3 Å². The van der Waals surface area contributed by atoms with E-state index in [2.05, 4.69) is 15.0 Å². The number of hydrogen-bond donors (Lipinski definition) is 3. The number of carbonyl (C=O) groups excluding carboxylic acids is 3. The van der Waals surface area contributed by atoms with Gasteiger partial charge in [-0.1, -0.05) is 63.3 Å². The van der Waals surface area contributed by atoms with E-state index in [9.17, 15) is 39.6 Å². The zero-order valence-corrected chi connectivity index (χ0v) is 35.9. The predicted molar refractivity (Wildman–Crippen MR) is 197 cm³/mol. The van der Waals surface area contributed by atoms with E-state index < -0.39 is 58.5 Å². The Labute approximate surface area is 342 Å². The SMILES string of the molecule is C.C.CC(C)(C)C(=O)NS(=O)(=O)c1ccncn1.CC(C)C(=O)NS(=O)(=O)c1ccncc1.COCC(COC)S(=O)(=O)NC(=O)C(C)C.[CH3-].[CH3-].[V].[V]. The van der Waals surface area contributed by atoms with E-state index in [0.717, 1.165) is 6.33 Å². The summed E-state index contributed by atoms with van der Waals surface area (Å²) >= 11 is 0. The van der Waals surface area contributed by atoms with Gasteiger partial charge in [0.25, 0.3) is 20.0 Å². The summed E-state index contributed by atoms with van der Waals surface area (Å²) in [6, 6.07) is 3.88. The predicted octanol–water partition coefficient (Wildman–Crippen LogP) is 2.79. The molecule has 0 unspecified atom stereocenters. The Balaban J connectivity index is -0.000000113. The van der Waals surface area contributed by atoms with Crippen molar-refractivity contribution in [3.8, 4) is 0 Å². The number of sulfonamides is 3. The minimum absolute atomic E-state index is 0. The number of ether oxygens (including phenoxy) is 2. The van der Waals surface area contributed by atoms with Crippen LogP contribution in [0.3, 0.4) is 0 Å². The van der Waals surface area contributed by atoms with Crippen LogP contribution in [0.15, 0.2) is 53.0 Å². The van der Waals surface area contributed by atoms with Crippen LogP contribution in [0.4, 0.5) is 0 Å². The molecular weight excluding hydrogens is 830 g/mol. The van der Waals surface area contributed by atoms with Crippen molar-refractivity contribution in [3.63, 3.8) is 0 Å². The Kier molecular flexibility index (Phi) is 36.9. The van der Waals surface area contributed by atoms with Crippen molar-refractivity contribution < 1.29 is 86.2 Å². The Morgan fingerprint density at radius 3 is 1.47 bits per heavy atom. The van der Waals surface area contributed by atoms with Crippen LogP contribution in [0.5, 0.6) is 0 Å². The summed E-state index contributed by atoms with van der Waals surface area (Å²) in [6.07, 6.45) is 5.11. The first-order chi connectivity index (χ1) is 21.5. The van der Waals surface area contributed by atoms with Crippen LogP contribution in [0.1, 0.15) is 63.3 Å². The Morgan fingerprint density at radius 2 is 1.11 bits per heavy atom. The molecule has 3 N–H and O–H groups in total. The summed E-state index contributed by atoms with van der Waals surface area (Å²) in [4.78, 5) is 44.9. The normalized spacial score (nSPS) is 10.6. The van der Waals surface area contributed by atoms with Crippen LogP contribution in [0.2, 0.25) is 0 Å². The Hall–Kier alpha value is -2.42. The average Bonchev–Trinajstić information content (AvgIpc) is 2.97. The number of nitrogens with zero attached hydrogens (tertiary/aromatic N) is 3. The molecule has 0 fully saturated rings. The van der Waals surface area contributed by atoms with Crippen molar-refractivity contribution in [3.05, 3.63) is 58.0 Å². The van der Waals surface area contributed by atoms with E-state index in [1.807, 2.05) is 14.2 Å². The Bertz CT molecular complexity index is 1620. The quantitative estimate of drug-likeness (QED) is 0.205. The summed E-state index contributed by atoms with van der Waals surface area (Å²) in [6.45, 7) is 11.3. The second kappa shape index (κ2) is 29.9. The molecule has 0 atom stereocenters. The van der Waals surface area contributed by atoms with Crippen molar-refractivity contribution >= 4 is 47.8 Å². The first-order valence-corrected chi connectivity index (χ1v) is 18.4. The third-order valence-electron chi connectivity index (χ3n) is 5.37. The molecule has 17 nitrogen and oxygen atoms in total. The second-order valence-electron chi connectivity index (χ2n) is 11.2. The summed E-state index contributed by atoms with van der Waals surface area (Å²) in [7, 11) is -8.60. The van der Waals surface area contributed by atoms with Gasteiger partial charge in [0.05, 0.1) is 18.1 Å². The molecule has 2 radical (unpaired) electrons. The number of methoxy groups -OCH3 is 2. The molecule has 0 saturated heterocycles. The van der Waals surface area contributed by atoms with Crippen LogP contribution in [0, 0.1) is 32.1 Å². The fourth-order valence-electron chi connectivity index (χ4n) is 2.53. The maximum Gasteiger partial charge on any atom is 0.281 e. The molecule has 53 heavy (non-hydrogen) atoms. The van der Waals surface area contributed by atoms with Gasteiger partial charge in [-0.3, -0.25) is 24.1 Å². The zero-order valence-electron chi connectivity index (χ0n) is 30.6. The molecule has 2 rings (SSSR count). The third kappa shape index (κ3) is 25.3. The van der Waals surface area contributed by atoms with Gasteiger partial charge in [0.15, 0.2) is 5.03 Å². The molecule has 0 spiro atoms. The zero-order chi connectivity index (χ0) is 36.6. The van der Waals surface area contributed by atoms with Crippen LogP contribution >= 0.6 is 0 Å². The molecule has 22 heteroatoms. The van der Waals surface area contributed by atoms with E-state index in [0.29, 0.717) is 0 Å². The van der Waals surface area contributed by atoms with E-state index in [4.69, 9.17) is 9.47 Å². The molecule has 0 aliphatic heterocycles. The second-order valence-corrected chi connectivity index (χ2v) is 16.5. The number of aromatic nitrogens is 3. The van der Waals surface area contributed by atoms with E-state index in [1.54, 1.807) is 48.5 Å². The number of carbonyl (C=O) groups is 3. The minimum Gasteiger partial charge on any atom is -0.383 e. The molecule has 0 saturated carbocycles.